The van der Waals surface area contributed by atoms with Gasteiger partial charge in [-0.25, -0.2) is 4.89 Å². The first-order valence-corrected chi connectivity index (χ1v) is 3.53. The second-order valence-electron chi connectivity index (χ2n) is 2.81. The number of aliphatic hydroxyl groups is 1. The summed E-state index contributed by atoms with van der Waals surface area (Å²) >= 11 is 0. The van der Waals surface area contributed by atoms with Gasteiger partial charge < -0.3 is 10.4 Å². The minimum atomic E-state index is -1.42. The van der Waals surface area contributed by atoms with E-state index in [1.54, 1.807) is 0 Å². The Kier molecular flexibility index (Phi) is 1.38. The van der Waals surface area contributed by atoms with Crippen molar-refractivity contribution in [1.82, 2.24) is 5.32 Å². The van der Waals surface area contributed by atoms with Gasteiger partial charge in [0.15, 0.2) is 0 Å². The van der Waals surface area contributed by atoms with Crippen LogP contribution in [0.2, 0.25) is 0 Å². The molecule has 1 amide bonds. The lowest BCUT2D eigenvalue weighted by Crippen LogP contribution is -2.45. The van der Waals surface area contributed by atoms with Gasteiger partial charge in [0, 0.05) is 0 Å². The molecule has 0 aromatic rings. The fourth-order valence-electron chi connectivity index (χ4n) is 1.42. The number of carbonyl (C=O) groups is 1. The Labute approximate surface area is 63.2 Å². The Balaban J connectivity index is 2.21. The van der Waals surface area contributed by atoms with Crippen molar-refractivity contribution in [3.8, 4) is 0 Å². The molecule has 2 rings (SSSR count). The number of amides is 1. The molecule has 2 fully saturated rings. The molecule has 0 bridgehead atoms. The van der Waals surface area contributed by atoms with E-state index in [0.29, 0.717) is 13.0 Å². The first-order valence-electron chi connectivity index (χ1n) is 3.53. The zero-order chi connectivity index (χ0) is 7.90. The number of hydrogen-bond donors (Lipinski definition) is 2. The molecule has 2 heterocycles. The number of nitrogens with one attached hydrogen (secondary N) is 1. The molecule has 5 nitrogen and oxygen atoms in total. The van der Waals surface area contributed by atoms with E-state index in [4.69, 9.17) is 0 Å². The van der Waals surface area contributed by atoms with Gasteiger partial charge in [-0.2, -0.15) is 4.89 Å². The quantitative estimate of drug-likeness (QED) is 0.434. The molecule has 0 aromatic carbocycles. The predicted molar refractivity (Wildman–Crippen MR) is 33.1 cm³/mol. The van der Waals surface area contributed by atoms with Gasteiger partial charge in [0.1, 0.15) is 0 Å². The van der Waals surface area contributed by atoms with E-state index in [2.05, 4.69) is 15.1 Å². The van der Waals surface area contributed by atoms with Crippen molar-refractivity contribution in [3.63, 3.8) is 0 Å². The standard InChI is InChI=1S/C6H9NO4/c8-5-4-1-2-10-11-6(4,9)3-7-5/h4,9H,1-3H2,(H,7,8). The van der Waals surface area contributed by atoms with E-state index in [1.807, 2.05) is 0 Å². The summed E-state index contributed by atoms with van der Waals surface area (Å²) in [5.41, 5.74) is 0. The average molecular weight is 159 g/mol. The molecule has 2 atom stereocenters. The van der Waals surface area contributed by atoms with E-state index >= 15 is 0 Å². The van der Waals surface area contributed by atoms with Crippen molar-refractivity contribution in [2.24, 2.45) is 5.92 Å². The van der Waals surface area contributed by atoms with Crippen LogP contribution in [0.1, 0.15) is 6.42 Å². The summed E-state index contributed by atoms with van der Waals surface area (Å²) < 4.78 is 0. The number of rotatable bonds is 0. The monoisotopic (exact) mass is 159 g/mol. The highest BCUT2D eigenvalue weighted by Crippen LogP contribution is 2.30. The van der Waals surface area contributed by atoms with Gasteiger partial charge in [0.2, 0.25) is 11.7 Å². The van der Waals surface area contributed by atoms with Crippen molar-refractivity contribution in [2.75, 3.05) is 13.2 Å². The van der Waals surface area contributed by atoms with Crippen LogP contribution in [0.4, 0.5) is 0 Å². The number of hydrogen-bond acceptors (Lipinski definition) is 4. The topological polar surface area (TPSA) is 67.8 Å². The molecular weight excluding hydrogens is 150 g/mol. The van der Waals surface area contributed by atoms with Gasteiger partial charge in [0.05, 0.1) is 19.1 Å². The van der Waals surface area contributed by atoms with Crippen LogP contribution in [0, 0.1) is 5.92 Å². The summed E-state index contributed by atoms with van der Waals surface area (Å²) in [7, 11) is 0. The maximum absolute atomic E-state index is 11.0. The highest BCUT2D eigenvalue weighted by atomic mass is 17.2. The van der Waals surface area contributed by atoms with E-state index in [9.17, 15) is 9.90 Å². The van der Waals surface area contributed by atoms with Crippen LogP contribution in [-0.2, 0) is 14.6 Å². The van der Waals surface area contributed by atoms with Gasteiger partial charge in [-0.05, 0) is 6.42 Å². The first kappa shape index (κ1) is 7.02. The molecule has 0 saturated carbocycles. The van der Waals surface area contributed by atoms with Crippen LogP contribution < -0.4 is 5.32 Å². The van der Waals surface area contributed by atoms with Gasteiger partial charge in [-0.1, -0.05) is 0 Å². The smallest absolute Gasteiger partial charge is 0.229 e. The summed E-state index contributed by atoms with van der Waals surface area (Å²) in [5.74, 6) is -2.04. The molecule has 2 aliphatic heterocycles. The predicted octanol–water partition coefficient (Wildman–Crippen LogP) is -1.23. The maximum atomic E-state index is 11.0. The summed E-state index contributed by atoms with van der Waals surface area (Å²) in [6.07, 6.45) is 0.516. The van der Waals surface area contributed by atoms with Crippen molar-refractivity contribution in [3.05, 3.63) is 0 Å². The Hall–Kier alpha value is -0.650. The highest BCUT2D eigenvalue weighted by Gasteiger charge is 2.51. The lowest BCUT2D eigenvalue weighted by atomic mass is 9.98. The van der Waals surface area contributed by atoms with Crippen molar-refractivity contribution in [2.45, 2.75) is 12.2 Å². The molecular formula is C6H9NO4. The molecule has 0 aromatic heterocycles. The van der Waals surface area contributed by atoms with E-state index in [0.717, 1.165) is 0 Å². The third-order valence-corrected chi connectivity index (χ3v) is 2.07. The second-order valence-corrected chi connectivity index (χ2v) is 2.81. The van der Waals surface area contributed by atoms with Crippen LogP contribution >= 0.6 is 0 Å². The molecule has 2 unspecified atom stereocenters. The van der Waals surface area contributed by atoms with Gasteiger partial charge in [-0.3, -0.25) is 4.79 Å². The molecule has 11 heavy (non-hydrogen) atoms. The fourth-order valence-corrected chi connectivity index (χ4v) is 1.42. The number of carbonyl (C=O) groups excluding carboxylic acids is 1. The summed E-state index contributed by atoms with van der Waals surface area (Å²) in [4.78, 5) is 20.2. The average Bonchev–Trinajstić information content (AvgIpc) is 2.29. The Morgan fingerprint density at radius 1 is 1.73 bits per heavy atom. The van der Waals surface area contributed by atoms with Gasteiger partial charge in [-0.15, -0.1) is 0 Å². The molecule has 2 saturated heterocycles. The summed E-state index contributed by atoms with van der Waals surface area (Å²) in [5, 5.41) is 12.1. The fraction of sp³-hybridized carbons (Fsp3) is 0.833. The van der Waals surface area contributed by atoms with Gasteiger partial charge in [0.25, 0.3) is 0 Å². The lowest BCUT2D eigenvalue weighted by molar-refractivity contribution is -0.443. The molecule has 0 aliphatic carbocycles. The minimum Gasteiger partial charge on any atom is -0.361 e. The zero-order valence-corrected chi connectivity index (χ0v) is 5.87. The van der Waals surface area contributed by atoms with Crippen LogP contribution in [0.3, 0.4) is 0 Å². The maximum Gasteiger partial charge on any atom is 0.229 e. The SMILES string of the molecule is O=C1NCC2(O)OOCCC12. The normalized spacial score (nSPS) is 43.4. The molecule has 0 radical (unpaired) electrons. The van der Waals surface area contributed by atoms with Crippen LogP contribution in [0.5, 0.6) is 0 Å². The van der Waals surface area contributed by atoms with Crippen LogP contribution in [-0.4, -0.2) is 30.0 Å². The van der Waals surface area contributed by atoms with Crippen molar-refractivity contribution < 1.29 is 19.7 Å². The highest BCUT2D eigenvalue weighted by molar-refractivity contribution is 5.82. The molecule has 2 N–H and O–H groups in total. The first-order chi connectivity index (χ1) is 5.22. The molecule has 0 spiro atoms. The minimum absolute atomic E-state index is 0.122. The Morgan fingerprint density at radius 2 is 2.55 bits per heavy atom. The van der Waals surface area contributed by atoms with E-state index in [1.165, 1.54) is 0 Å². The Bertz CT molecular complexity index is 195. The second kappa shape index (κ2) is 2.17. The third kappa shape index (κ3) is 0.926. The third-order valence-electron chi connectivity index (χ3n) is 2.07. The Morgan fingerprint density at radius 3 is 3.27 bits per heavy atom. The van der Waals surface area contributed by atoms with Crippen LogP contribution in [0.15, 0.2) is 0 Å². The van der Waals surface area contributed by atoms with Gasteiger partial charge >= 0.3 is 0 Å². The van der Waals surface area contributed by atoms with E-state index in [-0.39, 0.29) is 12.5 Å². The van der Waals surface area contributed by atoms with E-state index < -0.39 is 11.7 Å². The van der Waals surface area contributed by atoms with Crippen molar-refractivity contribution in [1.29, 1.82) is 0 Å². The molecule has 2 aliphatic rings. The molecule has 62 valence electrons. The summed E-state index contributed by atoms with van der Waals surface area (Å²) in [6, 6.07) is 0. The summed E-state index contributed by atoms with van der Waals surface area (Å²) in [6.45, 7) is 0.483. The molecule has 5 heteroatoms. The number of fused-ring (bicyclic) bond motifs is 1. The number of β-amino-alcohol motifs (C(OH)–C–C–N with tert-alkyl or cyclic N) is 1. The largest absolute Gasteiger partial charge is 0.361 e. The zero-order valence-electron chi connectivity index (χ0n) is 5.87. The lowest BCUT2D eigenvalue weighted by Gasteiger charge is -2.29. The van der Waals surface area contributed by atoms with Crippen molar-refractivity contribution >= 4 is 5.91 Å². The van der Waals surface area contributed by atoms with Crippen LogP contribution in [0.25, 0.3) is 0 Å².